The van der Waals surface area contributed by atoms with Gasteiger partial charge in [0.25, 0.3) is 5.91 Å². The summed E-state index contributed by atoms with van der Waals surface area (Å²) < 4.78 is 5.69. The third-order valence-electron chi connectivity index (χ3n) is 4.52. The van der Waals surface area contributed by atoms with Crippen LogP contribution in [-0.2, 0) is 9.59 Å². The zero-order chi connectivity index (χ0) is 22.8. The summed E-state index contributed by atoms with van der Waals surface area (Å²) in [6, 6.07) is 12.0. The lowest BCUT2D eigenvalue weighted by molar-refractivity contribution is -0.124. The lowest BCUT2D eigenvalue weighted by atomic mass is 10.1. The molecule has 0 radical (unpaired) electrons. The molecule has 0 aliphatic carbocycles. The van der Waals surface area contributed by atoms with Crippen molar-refractivity contribution in [1.29, 1.82) is 0 Å². The van der Waals surface area contributed by atoms with Gasteiger partial charge in [-0.1, -0.05) is 43.6 Å². The number of carbonyl (C=O) groups excluding carboxylic acids is 3. The van der Waals surface area contributed by atoms with E-state index < -0.39 is 11.8 Å². The SMILES string of the molecule is Cc1c(Cl)cccc1NC(=O)CCC(=O)NNC(=O)c1ccccc1OCCC(C)C. The quantitative estimate of drug-likeness (QED) is 0.502. The highest BCUT2D eigenvalue weighted by molar-refractivity contribution is 6.31. The molecule has 0 atom stereocenters. The monoisotopic (exact) mass is 445 g/mol. The topological polar surface area (TPSA) is 96.5 Å². The number of halogens is 1. The van der Waals surface area contributed by atoms with Gasteiger partial charge in [0.15, 0.2) is 0 Å². The number of nitrogens with one attached hydrogen (secondary N) is 3. The fourth-order valence-corrected chi connectivity index (χ4v) is 2.80. The van der Waals surface area contributed by atoms with Crippen molar-refractivity contribution in [2.75, 3.05) is 11.9 Å². The summed E-state index contributed by atoms with van der Waals surface area (Å²) in [4.78, 5) is 36.5. The zero-order valence-electron chi connectivity index (χ0n) is 18.0. The second-order valence-corrected chi connectivity index (χ2v) is 7.90. The minimum atomic E-state index is -0.493. The average Bonchev–Trinajstić information content (AvgIpc) is 2.74. The Morgan fingerprint density at radius 3 is 2.42 bits per heavy atom. The van der Waals surface area contributed by atoms with Crippen LogP contribution in [0.15, 0.2) is 42.5 Å². The van der Waals surface area contributed by atoms with E-state index in [9.17, 15) is 14.4 Å². The molecule has 2 rings (SSSR count). The molecule has 0 aliphatic rings. The minimum absolute atomic E-state index is 0.0391. The maximum atomic E-state index is 12.4. The van der Waals surface area contributed by atoms with E-state index in [-0.39, 0.29) is 18.7 Å². The number of amides is 3. The molecule has 2 aromatic rings. The Labute approximate surface area is 187 Å². The number of carbonyl (C=O) groups is 3. The lowest BCUT2D eigenvalue weighted by Crippen LogP contribution is -2.42. The van der Waals surface area contributed by atoms with Crippen LogP contribution in [-0.4, -0.2) is 24.3 Å². The highest BCUT2D eigenvalue weighted by Gasteiger charge is 2.14. The highest BCUT2D eigenvalue weighted by Crippen LogP contribution is 2.23. The van der Waals surface area contributed by atoms with Crippen LogP contribution in [0.4, 0.5) is 5.69 Å². The number of ether oxygens (including phenoxy) is 1. The van der Waals surface area contributed by atoms with E-state index in [2.05, 4.69) is 30.0 Å². The normalized spacial score (nSPS) is 10.5. The molecule has 0 unspecified atom stereocenters. The molecule has 3 amide bonds. The van der Waals surface area contributed by atoms with Gasteiger partial charge in [0.2, 0.25) is 11.8 Å². The molecule has 166 valence electrons. The van der Waals surface area contributed by atoms with Crippen LogP contribution in [0.25, 0.3) is 0 Å². The first-order chi connectivity index (χ1) is 14.8. The molecule has 0 heterocycles. The van der Waals surface area contributed by atoms with Gasteiger partial charge in [-0.2, -0.15) is 0 Å². The summed E-state index contributed by atoms with van der Waals surface area (Å²) in [6.07, 6.45) is 0.740. The van der Waals surface area contributed by atoms with Crippen molar-refractivity contribution in [1.82, 2.24) is 10.9 Å². The first kappa shape index (κ1) is 24.2. The summed E-state index contributed by atoms with van der Waals surface area (Å²) in [5.74, 6) is -0.362. The summed E-state index contributed by atoms with van der Waals surface area (Å²) >= 11 is 6.03. The van der Waals surface area contributed by atoms with Crippen molar-refractivity contribution in [3.8, 4) is 5.75 Å². The molecule has 31 heavy (non-hydrogen) atoms. The van der Waals surface area contributed by atoms with E-state index in [4.69, 9.17) is 16.3 Å². The fourth-order valence-electron chi connectivity index (χ4n) is 2.62. The van der Waals surface area contributed by atoms with Crippen LogP contribution in [0.1, 0.15) is 49.0 Å². The Morgan fingerprint density at radius 1 is 0.968 bits per heavy atom. The van der Waals surface area contributed by atoms with Gasteiger partial charge in [0.05, 0.1) is 12.2 Å². The molecular weight excluding hydrogens is 418 g/mol. The molecule has 8 heteroatoms. The summed E-state index contributed by atoms with van der Waals surface area (Å²) in [7, 11) is 0. The number of para-hydroxylation sites is 1. The molecule has 0 fully saturated rings. The summed E-state index contributed by atoms with van der Waals surface area (Å²) in [5, 5.41) is 3.27. The smallest absolute Gasteiger partial charge is 0.273 e. The molecule has 0 aromatic heterocycles. The van der Waals surface area contributed by atoms with Crippen molar-refractivity contribution in [2.24, 2.45) is 5.92 Å². The van der Waals surface area contributed by atoms with E-state index in [1.165, 1.54) is 0 Å². The molecular formula is C23H28ClN3O4. The van der Waals surface area contributed by atoms with Crippen molar-refractivity contribution in [3.05, 3.63) is 58.6 Å². The van der Waals surface area contributed by atoms with Gasteiger partial charge in [-0.3, -0.25) is 25.2 Å². The zero-order valence-corrected chi connectivity index (χ0v) is 18.7. The Bertz CT molecular complexity index is 931. The van der Waals surface area contributed by atoms with E-state index in [0.717, 1.165) is 12.0 Å². The highest BCUT2D eigenvalue weighted by atomic mass is 35.5. The van der Waals surface area contributed by atoms with Crippen LogP contribution < -0.4 is 20.9 Å². The number of rotatable bonds is 9. The predicted octanol–water partition coefficient (Wildman–Crippen LogP) is 4.25. The van der Waals surface area contributed by atoms with Gasteiger partial charge in [0.1, 0.15) is 5.75 Å². The van der Waals surface area contributed by atoms with E-state index >= 15 is 0 Å². The molecule has 0 saturated carbocycles. The Kier molecular flexibility index (Phi) is 9.34. The maximum absolute atomic E-state index is 12.4. The number of hydrogen-bond acceptors (Lipinski definition) is 4. The molecule has 0 saturated heterocycles. The molecule has 2 aromatic carbocycles. The van der Waals surface area contributed by atoms with Crippen LogP contribution in [0.2, 0.25) is 5.02 Å². The van der Waals surface area contributed by atoms with Crippen molar-refractivity contribution < 1.29 is 19.1 Å². The van der Waals surface area contributed by atoms with Crippen LogP contribution in [0.5, 0.6) is 5.75 Å². The Hall–Kier alpha value is -3.06. The van der Waals surface area contributed by atoms with Crippen LogP contribution in [0.3, 0.4) is 0 Å². The second-order valence-electron chi connectivity index (χ2n) is 7.49. The van der Waals surface area contributed by atoms with Gasteiger partial charge in [0, 0.05) is 23.6 Å². The van der Waals surface area contributed by atoms with Gasteiger partial charge < -0.3 is 10.1 Å². The standard InChI is InChI=1S/C23H28ClN3O4/c1-15(2)13-14-31-20-10-5-4-7-17(20)23(30)27-26-22(29)12-11-21(28)25-19-9-6-8-18(24)16(19)3/h4-10,15H,11-14H2,1-3H3,(H,25,28)(H,26,29)(H,27,30). The van der Waals surface area contributed by atoms with Gasteiger partial charge in [-0.15, -0.1) is 0 Å². The first-order valence-electron chi connectivity index (χ1n) is 10.1. The van der Waals surface area contributed by atoms with E-state index in [1.54, 1.807) is 49.4 Å². The second kappa shape index (κ2) is 12.0. The third-order valence-corrected chi connectivity index (χ3v) is 4.93. The first-order valence-corrected chi connectivity index (χ1v) is 10.5. The number of hydrogen-bond donors (Lipinski definition) is 3. The predicted molar refractivity (Wildman–Crippen MR) is 121 cm³/mol. The Balaban J connectivity index is 1.80. The molecule has 0 aliphatic heterocycles. The van der Waals surface area contributed by atoms with Crippen molar-refractivity contribution >= 4 is 35.0 Å². The van der Waals surface area contributed by atoms with Gasteiger partial charge in [-0.25, -0.2) is 0 Å². The number of hydrazine groups is 1. The van der Waals surface area contributed by atoms with Crippen molar-refractivity contribution in [3.63, 3.8) is 0 Å². The van der Waals surface area contributed by atoms with Crippen molar-refractivity contribution in [2.45, 2.75) is 40.0 Å². The maximum Gasteiger partial charge on any atom is 0.273 e. The Morgan fingerprint density at radius 2 is 1.68 bits per heavy atom. The number of anilines is 1. The molecule has 7 nitrogen and oxygen atoms in total. The van der Waals surface area contributed by atoms with Gasteiger partial charge >= 0.3 is 0 Å². The summed E-state index contributed by atoms with van der Waals surface area (Å²) in [6.45, 7) is 6.47. The van der Waals surface area contributed by atoms with Crippen LogP contribution >= 0.6 is 11.6 Å². The number of benzene rings is 2. The minimum Gasteiger partial charge on any atom is -0.493 e. The fraction of sp³-hybridized carbons (Fsp3) is 0.348. The van der Waals surface area contributed by atoms with Gasteiger partial charge in [-0.05, 0) is 49.1 Å². The third kappa shape index (κ3) is 7.94. The van der Waals surface area contributed by atoms with Crippen LogP contribution in [0, 0.1) is 12.8 Å². The summed E-state index contributed by atoms with van der Waals surface area (Å²) in [5.41, 5.74) is 6.36. The van der Waals surface area contributed by atoms with E-state index in [0.29, 0.717) is 34.5 Å². The average molecular weight is 446 g/mol. The molecule has 3 N–H and O–H groups in total. The molecule has 0 bridgehead atoms. The lowest BCUT2D eigenvalue weighted by Gasteiger charge is -2.13. The molecule has 0 spiro atoms. The van der Waals surface area contributed by atoms with E-state index in [1.807, 2.05) is 0 Å². The largest absolute Gasteiger partial charge is 0.493 e.